The number of aromatic amines is 1. The van der Waals surface area contributed by atoms with E-state index in [1.165, 1.54) is 0 Å². The van der Waals surface area contributed by atoms with Gasteiger partial charge in [-0.25, -0.2) is 0 Å². The van der Waals surface area contributed by atoms with Gasteiger partial charge in [-0.1, -0.05) is 45.9 Å². The first-order valence-corrected chi connectivity index (χ1v) is 8.06. The van der Waals surface area contributed by atoms with Gasteiger partial charge in [0.25, 0.3) is 5.91 Å². The van der Waals surface area contributed by atoms with Crippen LogP contribution < -0.4 is 5.32 Å². The number of nitrogens with one attached hydrogen (secondary N) is 2. The monoisotopic (exact) mass is 312 g/mol. The maximum Gasteiger partial charge on any atom is 0.257 e. The number of amides is 1. The molecule has 2 aromatic rings. The first kappa shape index (κ1) is 17.0. The molecule has 0 saturated carbocycles. The zero-order valence-electron chi connectivity index (χ0n) is 14.2. The van der Waals surface area contributed by atoms with Crippen LogP contribution in [-0.2, 0) is 6.42 Å². The summed E-state index contributed by atoms with van der Waals surface area (Å²) in [7, 11) is 0. The average molecular weight is 312 g/mol. The zero-order chi connectivity index (χ0) is 17.0. The van der Waals surface area contributed by atoms with Crippen LogP contribution in [0.3, 0.4) is 0 Å². The number of anilines is 1. The lowest BCUT2D eigenvalue weighted by Gasteiger charge is -2.28. The molecule has 1 aromatic carbocycles. The quantitative estimate of drug-likeness (QED) is 0.860. The molecule has 122 valence electrons. The third kappa shape index (κ3) is 3.70. The Labute approximate surface area is 137 Å². The Morgan fingerprint density at radius 3 is 2.43 bits per heavy atom. The summed E-state index contributed by atoms with van der Waals surface area (Å²) in [6, 6.07) is 9.25. The Bertz CT molecular complexity index is 699. The van der Waals surface area contributed by atoms with Gasteiger partial charge in [0.15, 0.2) is 5.78 Å². The number of para-hydroxylation sites is 1. The van der Waals surface area contributed by atoms with Gasteiger partial charge in [-0.15, -0.1) is 0 Å². The molecule has 4 nitrogen and oxygen atoms in total. The molecule has 1 aliphatic rings. The lowest BCUT2D eigenvalue weighted by molar-refractivity contribution is 0.0902. The maximum atomic E-state index is 12.4. The first-order chi connectivity index (χ1) is 11.0. The van der Waals surface area contributed by atoms with Crippen molar-refractivity contribution in [1.29, 1.82) is 0 Å². The maximum absolute atomic E-state index is 12.4. The van der Waals surface area contributed by atoms with Gasteiger partial charge in [0.05, 0.1) is 11.1 Å². The molecule has 0 aliphatic heterocycles. The topological polar surface area (TPSA) is 62.0 Å². The summed E-state index contributed by atoms with van der Waals surface area (Å²) in [6.07, 6.45) is 2.90. The van der Waals surface area contributed by atoms with Crippen LogP contribution in [-0.4, -0.2) is 16.7 Å². The van der Waals surface area contributed by atoms with Crippen molar-refractivity contribution in [2.24, 2.45) is 5.41 Å². The third-order valence-electron chi connectivity index (χ3n) is 3.81. The van der Waals surface area contributed by atoms with E-state index in [0.717, 1.165) is 17.8 Å². The fraction of sp³-hybridized carbons (Fsp3) is 0.368. The lowest BCUT2D eigenvalue weighted by Crippen LogP contribution is -2.28. The molecule has 0 spiro atoms. The summed E-state index contributed by atoms with van der Waals surface area (Å²) >= 11 is 0. The lowest BCUT2D eigenvalue weighted by atomic mass is 9.75. The van der Waals surface area contributed by atoms with E-state index in [2.05, 4.69) is 24.1 Å². The third-order valence-corrected chi connectivity index (χ3v) is 3.81. The highest BCUT2D eigenvalue weighted by Gasteiger charge is 2.35. The molecule has 1 amide bonds. The highest BCUT2D eigenvalue weighted by Crippen LogP contribution is 2.35. The molecular weight excluding hydrogens is 288 g/mol. The average Bonchev–Trinajstić information content (AvgIpc) is 2.93. The van der Waals surface area contributed by atoms with Crippen molar-refractivity contribution in [3.63, 3.8) is 0 Å². The molecule has 3 rings (SSSR count). The van der Waals surface area contributed by atoms with Crippen LogP contribution in [0, 0.1) is 5.41 Å². The number of aromatic nitrogens is 1. The second-order valence-electron chi connectivity index (χ2n) is 6.32. The number of fused-ring (bicyclic) bond motifs is 1. The van der Waals surface area contributed by atoms with E-state index in [0.29, 0.717) is 17.5 Å². The van der Waals surface area contributed by atoms with Crippen molar-refractivity contribution in [3.8, 4) is 0 Å². The second-order valence-corrected chi connectivity index (χ2v) is 6.32. The molecule has 0 radical (unpaired) electrons. The Morgan fingerprint density at radius 1 is 1.13 bits per heavy atom. The molecule has 0 saturated heterocycles. The van der Waals surface area contributed by atoms with Gasteiger partial charge >= 0.3 is 0 Å². The second kappa shape index (κ2) is 6.82. The van der Waals surface area contributed by atoms with Crippen LogP contribution in [0.2, 0.25) is 0 Å². The summed E-state index contributed by atoms with van der Waals surface area (Å²) in [5.41, 5.74) is 2.54. The summed E-state index contributed by atoms with van der Waals surface area (Å²) < 4.78 is 0. The summed E-state index contributed by atoms with van der Waals surface area (Å²) in [6.45, 7) is 8.14. The highest BCUT2D eigenvalue weighted by atomic mass is 16.2. The molecule has 2 N–H and O–H groups in total. The summed E-state index contributed by atoms with van der Waals surface area (Å²) in [5.74, 6) is -0.201. The molecule has 1 aliphatic carbocycles. The number of benzene rings is 1. The van der Waals surface area contributed by atoms with Crippen molar-refractivity contribution >= 4 is 17.4 Å². The Hall–Kier alpha value is -2.36. The molecule has 1 aromatic heterocycles. The molecular formula is C19H24N2O2. The fourth-order valence-corrected chi connectivity index (χ4v) is 2.89. The van der Waals surface area contributed by atoms with Gasteiger partial charge in [-0.2, -0.15) is 0 Å². The molecule has 0 unspecified atom stereocenters. The van der Waals surface area contributed by atoms with Gasteiger partial charge in [0.2, 0.25) is 0 Å². The van der Waals surface area contributed by atoms with Crippen LogP contribution in [0.15, 0.2) is 36.5 Å². The molecule has 4 heteroatoms. The molecule has 1 heterocycles. The van der Waals surface area contributed by atoms with Gasteiger partial charge in [0.1, 0.15) is 0 Å². The standard InChI is InChI=1S/C17H18N2O2.C2H6/c1-17(2)8-13-15(14(20)9-17)12(10-18-13)16(21)19-11-6-4-3-5-7-11;1-2/h3-7,10,18H,8-9H2,1-2H3,(H,19,21);1-2H3. The number of H-pyrrole nitrogens is 1. The minimum Gasteiger partial charge on any atom is -0.364 e. The van der Waals surface area contributed by atoms with Crippen LogP contribution in [0.25, 0.3) is 0 Å². The van der Waals surface area contributed by atoms with Crippen molar-refractivity contribution in [3.05, 3.63) is 53.3 Å². The Kier molecular flexibility index (Phi) is 5.04. The van der Waals surface area contributed by atoms with E-state index in [-0.39, 0.29) is 17.1 Å². The minimum atomic E-state index is -0.244. The SMILES string of the molecule is CC.CC1(C)CC(=O)c2c(C(=O)Nc3ccccc3)c[nH]c2C1. The summed E-state index contributed by atoms with van der Waals surface area (Å²) in [4.78, 5) is 27.8. The summed E-state index contributed by atoms with van der Waals surface area (Å²) in [5, 5.41) is 2.82. The van der Waals surface area contributed by atoms with Crippen molar-refractivity contribution in [1.82, 2.24) is 4.98 Å². The van der Waals surface area contributed by atoms with Gasteiger partial charge in [0, 0.05) is 24.0 Å². The van der Waals surface area contributed by atoms with Crippen LogP contribution >= 0.6 is 0 Å². The number of carbonyl (C=O) groups excluding carboxylic acids is 2. The molecule has 0 bridgehead atoms. The van der Waals surface area contributed by atoms with Gasteiger partial charge < -0.3 is 10.3 Å². The number of hydrogen-bond donors (Lipinski definition) is 2. The van der Waals surface area contributed by atoms with E-state index in [4.69, 9.17) is 0 Å². The Balaban J connectivity index is 0.000000924. The van der Waals surface area contributed by atoms with E-state index in [1.54, 1.807) is 6.20 Å². The van der Waals surface area contributed by atoms with Gasteiger partial charge in [-0.3, -0.25) is 9.59 Å². The van der Waals surface area contributed by atoms with Crippen LogP contribution in [0.5, 0.6) is 0 Å². The van der Waals surface area contributed by atoms with Gasteiger partial charge in [-0.05, 0) is 24.0 Å². The smallest absolute Gasteiger partial charge is 0.257 e. The van der Waals surface area contributed by atoms with Crippen molar-refractivity contribution in [2.45, 2.75) is 40.5 Å². The van der Waals surface area contributed by atoms with E-state index in [1.807, 2.05) is 44.2 Å². The van der Waals surface area contributed by atoms with Crippen molar-refractivity contribution in [2.75, 3.05) is 5.32 Å². The normalized spacial score (nSPS) is 15.2. The fourth-order valence-electron chi connectivity index (χ4n) is 2.89. The predicted molar refractivity (Wildman–Crippen MR) is 93.0 cm³/mol. The van der Waals surface area contributed by atoms with E-state index < -0.39 is 0 Å². The predicted octanol–water partition coefficient (Wildman–Crippen LogP) is 4.45. The molecule has 0 atom stereocenters. The molecule has 0 fully saturated rings. The van der Waals surface area contributed by atoms with E-state index >= 15 is 0 Å². The Morgan fingerprint density at radius 2 is 1.78 bits per heavy atom. The largest absolute Gasteiger partial charge is 0.364 e. The zero-order valence-corrected chi connectivity index (χ0v) is 14.2. The minimum absolute atomic E-state index is 0.0423. The van der Waals surface area contributed by atoms with Crippen molar-refractivity contribution < 1.29 is 9.59 Å². The first-order valence-electron chi connectivity index (χ1n) is 8.06. The number of rotatable bonds is 2. The number of Topliss-reactive ketones (excluding diaryl/α,β-unsaturated/α-hetero) is 1. The highest BCUT2D eigenvalue weighted by molar-refractivity contribution is 6.13. The number of ketones is 1. The van der Waals surface area contributed by atoms with E-state index in [9.17, 15) is 9.59 Å². The molecule has 23 heavy (non-hydrogen) atoms. The number of carbonyl (C=O) groups is 2. The van der Waals surface area contributed by atoms with Crippen LogP contribution in [0.1, 0.15) is 60.5 Å². The number of hydrogen-bond acceptors (Lipinski definition) is 2. The van der Waals surface area contributed by atoms with Crippen LogP contribution in [0.4, 0.5) is 5.69 Å².